The van der Waals surface area contributed by atoms with Crippen molar-refractivity contribution in [2.75, 3.05) is 0 Å². The normalized spacial score (nSPS) is 10.8. The van der Waals surface area contributed by atoms with Crippen molar-refractivity contribution < 1.29 is 9.90 Å². The van der Waals surface area contributed by atoms with Crippen LogP contribution in [-0.4, -0.2) is 19.8 Å². The molecule has 3 aromatic carbocycles. The van der Waals surface area contributed by atoms with Gasteiger partial charge >= 0.3 is 4.80 Å². The molecule has 0 amide bonds. The van der Waals surface area contributed by atoms with Gasteiger partial charge in [0.25, 0.3) is 0 Å². The van der Waals surface area contributed by atoms with Gasteiger partial charge in [-0.25, -0.2) is 4.57 Å². The number of hydrogen-bond acceptors (Lipinski definition) is 4. The molecule has 0 saturated heterocycles. The Kier molecular flexibility index (Phi) is 6.70. The van der Waals surface area contributed by atoms with Crippen molar-refractivity contribution >= 4 is 56.4 Å². The highest BCUT2D eigenvalue weighted by molar-refractivity contribution is 7.16. The molecule has 0 spiro atoms. The van der Waals surface area contributed by atoms with Gasteiger partial charge in [0.2, 0.25) is 0 Å². The third-order valence-corrected chi connectivity index (χ3v) is 6.84. The molecule has 0 saturated carbocycles. The van der Waals surface area contributed by atoms with E-state index in [1.165, 1.54) is 16.9 Å². The van der Waals surface area contributed by atoms with Crippen molar-refractivity contribution in [3.63, 3.8) is 0 Å². The van der Waals surface area contributed by atoms with E-state index in [1.807, 2.05) is 41.0 Å². The minimum Gasteiger partial charge on any atom is -0.862 e. The maximum Gasteiger partial charge on any atom is 0.465 e. The fraction of sp³-hybridized carbons (Fsp3) is 0.154. The molecule has 2 heterocycles. The number of benzene rings is 3. The van der Waals surface area contributed by atoms with Gasteiger partial charge in [0.1, 0.15) is 5.52 Å². The molecule has 0 atom stereocenters. The molecule has 172 valence electrons. The Balaban J connectivity index is 0.00000274. The maximum atomic E-state index is 11.3. The number of aryl methyl sites for hydroxylation is 3. The Morgan fingerprint density at radius 3 is 2.41 bits per heavy atom. The smallest absolute Gasteiger partial charge is 0.465 e. The Morgan fingerprint density at radius 1 is 1.00 bits per heavy atom. The van der Waals surface area contributed by atoms with Crippen LogP contribution in [0.4, 0.5) is 5.69 Å². The number of nitrogens with one attached hydrogen (secondary N) is 1. The minimum atomic E-state index is -0.587. The summed E-state index contributed by atoms with van der Waals surface area (Å²) in [4.78, 5) is 5.39. The summed E-state index contributed by atoms with van der Waals surface area (Å²) in [6, 6.07) is 24.6. The van der Waals surface area contributed by atoms with Gasteiger partial charge in [-0.15, -0.1) is 12.4 Å². The second kappa shape index (κ2) is 9.69. The average Bonchev–Trinajstić information content (AvgIpc) is 3.31. The predicted molar refractivity (Wildman–Crippen MR) is 138 cm³/mol. The molecule has 0 radical (unpaired) electrons. The minimum absolute atomic E-state index is 0. The molecule has 0 bridgehead atoms. The van der Waals surface area contributed by atoms with Crippen molar-refractivity contribution in [1.29, 1.82) is 5.41 Å². The lowest BCUT2D eigenvalue weighted by Crippen LogP contribution is -2.22. The molecule has 34 heavy (non-hydrogen) atoms. The van der Waals surface area contributed by atoms with Crippen molar-refractivity contribution in [1.82, 2.24) is 9.13 Å². The van der Waals surface area contributed by atoms with Crippen LogP contribution in [-0.2, 0) is 13.6 Å². The van der Waals surface area contributed by atoms with E-state index in [4.69, 9.17) is 10.5 Å². The standard InChI is InChI=1S/C26H23N5OS.ClH/c1-17-11-13-18(14-12-17)25-24(19-7-3-4-8-20(19)30(25)2)28-29-26-31(16-15-23(27)32)21-9-5-6-10-22(21)33-26;/h3-14H,15-16H2,1-2H3,(H-,27,32);1H. The zero-order valence-corrected chi connectivity index (χ0v) is 20.5. The van der Waals surface area contributed by atoms with Crippen LogP contribution in [0.3, 0.4) is 0 Å². The third kappa shape index (κ3) is 4.29. The van der Waals surface area contributed by atoms with Gasteiger partial charge in [-0.1, -0.05) is 65.0 Å². The van der Waals surface area contributed by atoms with Gasteiger partial charge in [-0.2, -0.15) is 0 Å². The first-order valence-electron chi connectivity index (χ1n) is 10.7. The quantitative estimate of drug-likeness (QED) is 0.156. The van der Waals surface area contributed by atoms with Gasteiger partial charge < -0.3 is 15.1 Å². The number of halogens is 1. The molecular weight excluding hydrogens is 466 g/mol. The number of rotatable bonds is 5. The fourth-order valence-electron chi connectivity index (χ4n) is 4.14. The topological polar surface area (TPSA) is 83.2 Å². The Bertz CT molecular complexity index is 1600. The summed E-state index contributed by atoms with van der Waals surface area (Å²) in [7, 11) is 2.05. The number of nitrogens with zero attached hydrogens (tertiary/aromatic N) is 4. The highest BCUT2D eigenvalue weighted by atomic mass is 35.5. The molecule has 6 nitrogen and oxygen atoms in total. The van der Waals surface area contributed by atoms with Crippen LogP contribution in [0.15, 0.2) is 77.9 Å². The molecule has 0 fully saturated rings. The summed E-state index contributed by atoms with van der Waals surface area (Å²) in [5, 5.41) is 24.5. The number of thiazole rings is 1. The molecular formula is C26H24ClN5OS. The Labute approximate surface area is 207 Å². The lowest BCUT2D eigenvalue weighted by molar-refractivity contribution is -0.220. The summed E-state index contributed by atoms with van der Waals surface area (Å²) < 4.78 is 5.21. The van der Waals surface area contributed by atoms with E-state index in [9.17, 15) is 5.11 Å². The van der Waals surface area contributed by atoms with Gasteiger partial charge in [0, 0.05) is 29.5 Å². The molecule has 5 aromatic rings. The molecule has 2 aromatic heterocycles. The summed E-state index contributed by atoms with van der Waals surface area (Å²) in [5.41, 5.74) is 6.19. The van der Waals surface area contributed by atoms with E-state index in [0.717, 1.165) is 38.1 Å². The van der Waals surface area contributed by atoms with Crippen LogP contribution in [0.1, 0.15) is 12.0 Å². The molecule has 0 aliphatic heterocycles. The van der Waals surface area contributed by atoms with Crippen molar-refractivity contribution in [3.8, 4) is 11.3 Å². The van der Waals surface area contributed by atoms with E-state index in [-0.39, 0.29) is 18.8 Å². The van der Waals surface area contributed by atoms with E-state index in [1.54, 1.807) is 0 Å². The van der Waals surface area contributed by atoms with Crippen LogP contribution in [0, 0.1) is 12.3 Å². The summed E-state index contributed by atoms with van der Waals surface area (Å²) in [6.45, 7) is 2.48. The average molecular weight is 490 g/mol. The molecule has 8 heteroatoms. The monoisotopic (exact) mass is 489 g/mol. The number of hydrogen-bond donors (Lipinski definition) is 1. The molecule has 0 aliphatic carbocycles. The van der Waals surface area contributed by atoms with E-state index >= 15 is 0 Å². The Morgan fingerprint density at radius 2 is 1.68 bits per heavy atom. The van der Waals surface area contributed by atoms with Crippen LogP contribution in [0.2, 0.25) is 0 Å². The van der Waals surface area contributed by atoms with E-state index in [2.05, 4.69) is 59.7 Å². The number of aromatic nitrogens is 2. The van der Waals surface area contributed by atoms with Crippen LogP contribution in [0.5, 0.6) is 0 Å². The fourth-order valence-corrected chi connectivity index (χ4v) is 5.14. The van der Waals surface area contributed by atoms with Crippen LogP contribution in [0.25, 0.3) is 32.4 Å². The largest absolute Gasteiger partial charge is 0.862 e. The third-order valence-electron chi connectivity index (χ3n) is 5.79. The van der Waals surface area contributed by atoms with E-state index in [0.29, 0.717) is 11.3 Å². The first-order chi connectivity index (χ1) is 16.0. The van der Waals surface area contributed by atoms with Gasteiger partial charge in [0.15, 0.2) is 5.69 Å². The lowest BCUT2D eigenvalue weighted by Gasteiger charge is -2.05. The summed E-state index contributed by atoms with van der Waals surface area (Å²) >= 11 is 1.53. The molecule has 0 aliphatic rings. The lowest BCUT2D eigenvalue weighted by atomic mass is 10.1. The van der Waals surface area contributed by atoms with Gasteiger partial charge in [-0.3, -0.25) is 0 Å². The van der Waals surface area contributed by atoms with Gasteiger partial charge in [0.05, 0.1) is 22.5 Å². The zero-order valence-electron chi connectivity index (χ0n) is 18.9. The first-order valence-corrected chi connectivity index (χ1v) is 11.6. The summed E-state index contributed by atoms with van der Waals surface area (Å²) in [6.07, 6.45) is 0.136. The van der Waals surface area contributed by atoms with Crippen molar-refractivity contribution in [2.24, 2.45) is 12.2 Å². The predicted octanol–water partition coefficient (Wildman–Crippen LogP) is 5.21. The molecule has 0 unspecified atom stereocenters. The van der Waals surface area contributed by atoms with Crippen molar-refractivity contribution in [2.45, 2.75) is 19.9 Å². The SMILES string of the molecule is Cc1ccc(-c2c(N=[N+]=c3sc4ccccc4n3CCC(=N)[O-])c3ccccc3n2C)cc1.Cl. The molecule has 1 N–H and O–H groups in total. The number of para-hydroxylation sites is 2. The second-order valence-corrected chi connectivity index (χ2v) is 9.03. The maximum absolute atomic E-state index is 11.3. The highest BCUT2D eigenvalue weighted by Gasteiger charge is 2.19. The van der Waals surface area contributed by atoms with Crippen molar-refractivity contribution in [3.05, 3.63) is 83.2 Å². The first kappa shape index (κ1) is 23.5. The Hall–Kier alpha value is -3.64. The van der Waals surface area contributed by atoms with E-state index < -0.39 is 5.90 Å². The summed E-state index contributed by atoms with van der Waals surface area (Å²) in [5.74, 6) is -0.587. The number of fused-ring (bicyclic) bond motifs is 2. The molecule has 5 rings (SSSR count). The van der Waals surface area contributed by atoms with Crippen LogP contribution < -0.4 is 9.91 Å². The zero-order chi connectivity index (χ0) is 22.9. The highest BCUT2D eigenvalue weighted by Crippen LogP contribution is 2.39. The van der Waals surface area contributed by atoms with Gasteiger partial charge in [-0.05, 0) is 42.4 Å². The second-order valence-electron chi connectivity index (χ2n) is 8.02. The van der Waals surface area contributed by atoms with Crippen LogP contribution >= 0.6 is 23.7 Å².